The summed E-state index contributed by atoms with van der Waals surface area (Å²) in [5.74, 6) is 0.180. The highest BCUT2D eigenvalue weighted by atomic mass is 35.5. The molecule has 0 bridgehead atoms. The van der Waals surface area contributed by atoms with E-state index in [1.165, 1.54) is 19.4 Å². The fourth-order valence-electron chi connectivity index (χ4n) is 3.00. The summed E-state index contributed by atoms with van der Waals surface area (Å²) in [7, 11) is 1.48. The van der Waals surface area contributed by atoms with Crippen LogP contribution in [0.3, 0.4) is 0 Å². The van der Waals surface area contributed by atoms with Gasteiger partial charge in [0.1, 0.15) is 5.65 Å². The highest BCUT2D eigenvalue weighted by Crippen LogP contribution is 2.33. The zero-order valence-electron chi connectivity index (χ0n) is 19.1. The van der Waals surface area contributed by atoms with E-state index in [1.807, 2.05) is 20.8 Å². The minimum atomic E-state index is -0.580. The van der Waals surface area contributed by atoms with Crippen LogP contribution >= 0.6 is 23.5 Å². The largest absolute Gasteiger partial charge is 0.480 e. The number of halogens is 2. The summed E-state index contributed by atoms with van der Waals surface area (Å²) in [4.78, 5) is 28.5. The van der Waals surface area contributed by atoms with Crippen molar-refractivity contribution >= 4 is 46.2 Å². The first-order valence-corrected chi connectivity index (χ1v) is 11.7. The van der Waals surface area contributed by atoms with Gasteiger partial charge in [0.2, 0.25) is 11.8 Å². The van der Waals surface area contributed by atoms with Crippen molar-refractivity contribution < 1.29 is 9.13 Å². The lowest BCUT2D eigenvalue weighted by Gasteiger charge is -2.12. The molecule has 0 amide bonds. The van der Waals surface area contributed by atoms with Crippen molar-refractivity contribution in [2.45, 2.75) is 25.7 Å². The number of aromatic amines is 1. The number of nitrogens with one attached hydrogen (secondary N) is 3. The fraction of sp³-hybridized carbons (Fsp3) is 0.217. The molecule has 0 unspecified atom stereocenters. The minimum Gasteiger partial charge on any atom is -0.480 e. The van der Waals surface area contributed by atoms with Gasteiger partial charge in [0.05, 0.1) is 28.3 Å². The smallest absolute Gasteiger partial charge is 0.257 e. The van der Waals surface area contributed by atoms with Gasteiger partial charge in [-0.1, -0.05) is 37.6 Å². The van der Waals surface area contributed by atoms with Gasteiger partial charge >= 0.3 is 0 Å². The lowest BCUT2D eigenvalue weighted by Crippen LogP contribution is -2.12. The van der Waals surface area contributed by atoms with Gasteiger partial charge in [-0.25, -0.2) is 14.4 Å². The van der Waals surface area contributed by atoms with Crippen LogP contribution in [-0.2, 0) is 0 Å². The second-order valence-corrected chi connectivity index (χ2v) is 7.86. The Morgan fingerprint density at radius 2 is 1.97 bits per heavy atom. The van der Waals surface area contributed by atoms with Gasteiger partial charge in [0, 0.05) is 29.9 Å². The summed E-state index contributed by atoms with van der Waals surface area (Å²) >= 11 is 7.09. The van der Waals surface area contributed by atoms with Crippen molar-refractivity contribution in [1.82, 2.24) is 19.9 Å². The molecule has 0 aliphatic carbocycles. The van der Waals surface area contributed by atoms with Gasteiger partial charge in [-0.2, -0.15) is 4.98 Å². The number of pyridine rings is 2. The predicted molar refractivity (Wildman–Crippen MR) is 136 cm³/mol. The molecule has 3 N–H and O–H groups in total. The Kier molecular flexibility index (Phi) is 8.67. The molecule has 1 aromatic carbocycles. The Bertz CT molecular complexity index is 1350. The number of hydrogen-bond donors (Lipinski definition) is 3. The molecule has 3 aromatic heterocycles. The second-order valence-electron chi connectivity index (χ2n) is 6.57. The molecule has 0 radical (unpaired) electrons. The van der Waals surface area contributed by atoms with Crippen molar-refractivity contribution in [2.75, 3.05) is 23.7 Å². The maximum absolute atomic E-state index is 15.3. The number of aromatic nitrogens is 4. The van der Waals surface area contributed by atoms with E-state index < -0.39 is 11.4 Å². The third-order valence-corrected chi connectivity index (χ3v) is 5.51. The number of hydrogen-bond acceptors (Lipinski definition) is 8. The summed E-state index contributed by atoms with van der Waals surface area (Å²) < 4.78 is 23.5. The Hall–Kier alpha value is -3.37. The number of ether oxygens (including phenoxy) is 1. The molecular formula is C23H24ClFN6O2S. The first kappa shape index (κ1) is 25.3. The molecular weight excluding hydrogens is 479 g/mol. The molecule has 3 heterocycles. The Balaban J connectivity index is 0.00000158. The van der Waals surface area contributed by atoms with Gasteiger partial charge in [-0.05, 0) is 37.1 Å². The van der Waals surface area contributed by atoms with E-state index in [-0.39, 0.29) is 16.8 Å². The molecule has 4 rings (SSSR count). The van der Waals surface area contributed by atoms with Crippen molar-refractivity contribution in [2.24, 2.45) is 0 Å². The molecule has 0 saturated carbocycles. The topological polar surface area (TPSA) is 105 Å². The average molecular weight is 503 g/mol. The van der Waals surface area contributed by atoms with Crippen LogP contribution in [0.15, 0.2) is 52.4 Å². The van der Waals surface area contributed by atoms with Crippen LogP contribution in [0.5, 0.6) is 5.88 Å². The van der Waals surface area contributed by atoms with Crippen LogP contribution in [0, 0.1) is 5.82 Å². The monoisotopic (exact) mass is 502 g/mol. The van der Waals surface area contributed by atoms with E-state index in [1.54, 1.807) is 30.5 Å². The number of nitrogens with zero attached hydrogens (tertiary/aromatic N) is 3. The molecule has 0 fully saturated rings. The quantitative estimate of drug-likeness (QED) is 0.274. The normalized spacial score (nSPS) is 10.4. The number of H-pyrrole nitrogens is 1. The van der Waals surface area contributed by atoms with Crippen molar-refractivity contribution in [3.8, 4) is 17.0 Å². The van der Waals surface area contributed by atoms with Crippen molar-refractivity contribution in [1.29, 1.82) is 0 Å². The summed E-state index contributed by atoms with van der Waals surface area (Å²) in [5, 5.41) is 3.99. The number of benzene rings is 1. The zero-order valence-corrected chi connectivity index (χ0v) is 20.6. The first-order valence-electron chi connectivity index (χ1n) is 10.6. The highest BCUT2D eigenvalue weighted by molar-refractivity contribution is 8.00. The average Bonchev–Trinajstić information content (AvgIpc) is 2.85. The van der Waals surface area contributed by atoms with E-state index in [0.29, 0.717) is 39.3 Å². The summed E-state index contributed by atoms with van der Waals surface area (Å²) in [6.45, 7) is 6.56. The third kappa shape index (κ3) is 5.57. The van der Waals surface area contributed by atoms with Gasteiger partial charge in [0.15, 0.2) is 5.82 Å². The lowest BCUT2D eigenvalue weighted by molar-refractivity contribution is 0.387. The predicted octanol–water partition coefficient (Wildman–Crippen LogP) is 5.76. The molecule has 0 aliphatic heterocycles. The van der Waals surface area contributed by atoms with E-state index in [0.717, 1.165) is 11.9 Å². The highest BCUT2D eigenvalue weighted by Gasteiger charge is 2.16. The third-order valence-electron chi connectivity index (χ3n) is 4.47. The first-order chi connectivity index (χ1) is 16.5. The Labute approximate surface area is 205 Å². The second kappa shape index (κ2) is 11.7. The molecule has 0 atom stereocenters. The van der Waals surface area contributed by atoms with Crippen LogP contribution in [0.4, 0.5) is 16.0 Å². The minimum absolute atomic E-state index is 0.144. The van der Waals surface area contributed by atoms with Gasteiger partial charge in [-0.15, -0.1) is 0 Å². The van der Waals surface area contributed by atoms with E-state index in [9.17, 15) is 4.79 Å². The van der Waals surface area contributed by atoms with E-state index in [2.05, 4.69) is 30.0 Å². The molecule has 0 spiro atoms. The van der Waals surface area contributed by atoms with Crippen LogP contribution in [0.1, 0.15) is 20.8 Å². The molecule has 4 aromatic rings. The maximum atomic E-state index is 15.3. The van der Waals surface area contributed by atoms with E-state index >= 15 is 4.39 Å². The lowest BCUT2D eigenvalue weighted by atomic mass is 10.0. The Morgan fingerprint density at radius 1 is 1.18 bits per heavy atom. The van der Waals surface area contributed by atoms with Crippen LogP contribution < -0.4 is 20.3 Å². The molecule has 11 heteroatoms. The number of methoxy groups -OCH3 is 1. The van der Waals surface area contributed by atoms with Gasteiger partial charge in [-0.3, -0.25) is 4.79 Å². The number of anilines is 2. The van der Waals surface area contributed by atoms with E-state index in [4.69, 9.17) is 16.3 Å². The fourth-order valence-corrected chi connectivity index (χ4v) is 4.01. The molecule has 34 heavy (non-hydrogen) atoms. The maximum Gasteiger partial charge on any atom is 0.257 e. The van der Waals surface area contributed by atoms with Crippen molar-refractivity contribution in [3.63, 3.8) is 0 Å². The zero-order chi connectivity index (χ0) is 24.7. The molecule has 178 valence electrons. The summed E-state index contributed by atoms with van der Waals surface area (Å²) in [5.41, 5.74) is 0.419. The van der Waals surface area contributed by atoms with Crippen LogP contribution in [0.25, 0.3) is 22.2 Å². The van der Waals surface area contributed by atoms with Crippen LogP contribution in [-0.4, -0.2) is 33.6 Å². The molecule has 0 aliphatic rings. The standard InChI is InChI=1S/C21H18ClFN6O2S.C2H6/c1-3-24-21-26-9-11-7-14(19(30)27-18(11)28-21)13-5-4-6-15(17(13)23)29-32-16-8-12(22)10-25-20(16)31-2;1-2/h4-10,29H,3H2,1-2H3,(H2,24,26,27,28,30);1-2H3. The SMILES string of the molecule is CC.CCNc1ncc2cc(-c3cccc(NSc4cc(Cl)cnc4OC)c3F)c(=O)[nH]c2n1. The number of rotatable bonds is 7. The van der Waals surface area contributed by atoms with Gasteiger partial charge < -0.3 is 19.8 Å². The summed E-state index contributed by atoms with van der Waals surface area (Å²) in [6, 6.07) is 7.99. The van der Waals surface area contributed by atoms with Crippen LogP contribution in [0.2, 0.25) is 5.02 Å². The number of fused-ring (bicyclic) bond motifs is 1. The van der Waals surface area contributed by atoms with Gasteiger partial charge in [0.25, 0.3) is 5.56 Å². The van der Waals surface area contributed by atoms with Crippen molar-refractivity contribution in [3.05, 3.63) is 63.9 Å². The Morgan fingerprint density at radius 3 is 2.71 bits per heavy atom. The molecule has 0 saturated heterocycles. The molecule has 8 nitrogen and oxygen atoms in total. The summed E-state index contributed by atoms with van der Waals surface area (Å²) in [6.07, 6.45) is 3.04.